The van der Waals surface area contributed by atoms with Gasteiger partial charge in [-0.3, -0.25) is 9.69 Å². The molecule has 6 heteroatoms. The molecule has 1 aliphatic heterocycles. The third-order valence-corrected chi connectivity index (χ3v) is 3.64. The molecule has 2 N–H and O–H groups in total. The molecule has 6 nitrogen and oxygen atoms in total. The fourth-order valence-electron chi connectivity index (χ4n) is 2.53. The van der Waals surface area contributed by atoms with Crippen molar-refractivity contribution in [1.29, 1.82) is 0 Å². The van der Waals surface area contributed by atoms with Crippen LogP contribution in [0.15, 0.2) is 24.3 Å². The third-order valence-electron chi connectivity index (χ3n) is 3.64. The highest BCUT2D eigenvalue weighted by Crippen LogP contribution is 2.21. The number of ether oxygens (including phenoxy) is 1. The van der Waals surface area contributed by atoms with Crippen LogP contribution in [0.4, 0.5) is 10.5 Å². The molecule has 2 atom stereocenters. The van der Waals surface area contributed by atoms with Crippen molar-refractivity contribution >= 4 is 17.7 Å². The van der Waals surface area contributed by atoms with Gasteiger partial charge in [0.05, 0.1) is 19.3 Å². The molecule has 1 aromatic carbocycles. The smallest absolute Gasteiger partial charge is 0.410 e. The Morgan fingerprint density at radius 2 is 2.17 bits per heavy atom. The van der Waals surface area contributed by atoms with Crippen LogP contribution in [0, 0.1) is 12.8 Å². The summed E-state index contributed by atoms with van der Waals surface area (Å²) in [5.74, 6) is -0.0975. The van der Waals surface area contributed by atoms with Gasteiger partial charge in [0.1, 0.15) is 6.04 Å². The Morgan fingerprint density at radius 3 is 2.83 bits per heavy atom. The minimum atomic E-state index is -0.717. The van der Waals surface area contributed by atoms with Gasteiger partial charge in [0.15, 0.2) is 0 Å². The molecule has 2 amide bonds. The molecule has 1 aromatic rings. The number of aliphatic hydroxyl groups excluding tert-OH is 1. The van der Waals surface area contributed by atoms with Gasteiger partial charge >= 0.3 is 6.09 Å². The van der Waals surface area contributed by atoms with Gasteiger partial charge in [-0.2, -0.15) is 0 Å². The SMILES string of the molecule is Cc1cccc(NC(=O)[C@@H]2C[C@H](O)CN2C(=O)OCC(C)C)c1. The Morgan fingerprint density at radius 1 is 1.43 bits per heavy atom. The van der Waals surface area contributed by atoms with Crippen LogP contribution in [0.2, 0.25) is 0 Å². The van der Waals surface area contributed by atoms with Crippen molar-refractivity contribution in [3.05, 3.63) is 29.8 Å². The first kappa shape index (κ1) is 17.3. The Bertz CT molecular complexity index is 573. The van der Waals surface area contributed by atoms with Crippen molar-refractivity contribution in [2.75, 3.05) is 18.5 Å². The van der Waals surface area contributed by atoms with E-state index in [0.29, 0.717) is 5.69 Å². The lowest BCUT2D eigenvalue weighted by Gasteiger charge is -2.23. The molecule has 1 aliphatic rings. The molecule has 1 fully saturated rings. The van der Waals surface area contributed by atoms with E-state index in [1.165, 1.54) is 4.90 Å². The molecule has 126 valence electrons. The largest absolute Gasteiger partial charge is 0.449 e. The lowest BCUT2D eigenvalue weighted by atomic mass is 10.1. The first-order valence-corrected chi connectivity index (χ1v) is 7.86. The van der Waals surface area contributed by atoms with Gasteiger partial charge < -0.3 is 15.2 Å². The average Bonchev–Trinajstić information content (AvgIpc) is 2.87. The van der Waals surface area contributed by atoms with Crippen LogP contribution in [0.1, 0.15) is 25.8 Å². The molecule has 1 heterocycles. The Kier molecular flexibility index (Phi) is 5.60. The van der Waals surface area contributed by atoms with Gasteiger partial charge in [0.25, 0.3) is 0 Å². The predicted octanol–water partition coefficient (Wildman–Crippen LogP) is 2.16. The third kappa shape index (κ3) is 4.69. The van der Waals surface area contributed by atoms with Crippen molar-refractivity contribution in [3.63, 3.8) is 0 Å². The normalized spacial score (nSPS) is 20.7. The van der Waals surface area contributed by atoms with Gasteiger partial charge in [0, 0.05) is 12.1 Å². The van der Waals surface area contributed by atoms with Gasteiger partial charge in [-0.1, -0.05) is 26.0 Å². The second-order valence-electron chi connectivity index (χ2n) is 6.39. The van der Waals surface area contributed by atoms with E-state index in [2.05, 4.69) is 5.32 Å². The van der Waals surface area contributed by atoms with Crippen LogP contribution >= 0.6 is 0 Å². The lowest BCUT2D eigenvalue weighted by Crippen LogP contribution is -2.43. The summed E-state index contributed by atoms with van der Waals surface area (Å²) in [6, 6.07) is 6.71. The number of hydrogen-bond donors (Lipinski definition) is 2. The van der Waals surface area contributed by atoms with E-state index in [0.717, 1.165) is 5.56 Å². The summed E-state index contributed by atoms with van der Waals surface area (Å²) in [4.78, 5) is 25.9. The van der Waals surface area contributed by atoms with Crippen molar-refractivity contribution in [1.82, 2.24) is 4.90 Å². The van der Waals surface area contributed by atoms with E-state index >= 15 is 0 Å². The number of nitrogens with one attached hydrogen (secondary N) is 1. The van der Waals surface area contributed by atoms with Crippen LogP contribution in [-0.2, 0) is 9.53 Å². The van der Waals surface area contributed by atoms with Crippen LogP contribution in [0.25, 0.3) is 0 Å². The molecule has 0 aromatic heterocycles. The average molecular weight is 320 g/mol. The fourth-order valence-corrected chi connectivity index (χ4v) is 2.53. The predicted molar refractivity (Wildman–Crippen MR) is 87.1 cm³/mol. The Hall–Kier alpha value is -2.08. The number of benzene rings is 1. The van der Waals surface area contributed by atoms with Gasteiger partial charge in [-0.05, 0) is 30.5 Å². The summed E-state index contributed by atoms with van der Waals surface area (Å²) in [6.07, 6.45) is -1.05. The topological polar surface area (TPSA) is 78.9 Å². The zero-order valence-corrected chi connectivity index (χ0v) is 13.8. The van der Waals surface area contributed by atoms with Gasteiger partial charge in [-0.15, -0.1) is 0 Å². The van der Waals surface area contributed by atoms with Crippen LogP contribution in [0.5, 0.6) is 0 Å². The van der Waals surface area contributed by atoms with E-state index in [1.54, 1.807) is 6.07 Å². The first-order chi connectivity index (χ1) is 10.9. The van der Waals surface area contributed by atoms with Crippen molar-refractivity contribution in [2.24, 2.45) is 5.92 Å². The number of anilines is 1. The van der Waals surface area contributed by atoms with E-state index in [-0.39, 0.29) is 31.4 Å². The van der Waals surface area contributed by atoms with Gasteiger partial charge in [0.2, 0.25) is 5.91 Å². The minimum absolute atomic E-state index is 0.114. The summed E-state index contributed by atoms with van der Waals surface area (Å²) in [6.45, 7) is 6.22. The molecule has 0 spiro atoms. The van der Waals surface area contributed by atoms with Crippen molar-refractivity contribution in [3.8, 4) is 0 Å². The highest BCUT2D eigenvalue weighted by Gasteiger charge is 2.39. The molecule has 0 radical (unpaired) electrons. The highest BCUT2D eigenvalue weighted by molar-refractivity contribution is 5.97. The van der Waals surface area contributed by atoms with Crippen molar-refractivity contribution in [2.45, 2.75) is 39.3 Å². The lowest BCUT2D eigenvalue weighted by molar-refractivity contribution is -0.120. The molecule has 0 unspecified atom stereocenters. The van der Waals surface area contributed by atoms with Crippen LogP contribution in [-0.4, -0.2) is 47.3 Å². The quantitative estimate of drug-likeness (QED) is 0.891. The maximum absolute atomic E-state index is 12.5. The molecule has 23 heavy (non-hydrogen) atoms. The monoisotopic (exact) mass is 320 g/mol. The zero-order chi connectivity index (χ0) is 17.0. The van der Waals surface area contributed by atoms with E-state index in [9.17, 15) is 14.7 Å². The second kappa shape index (κ2) is 7.46. The molecule has 2 rings (SSSR count). The van der Waals surface area contributed by atoms with Gasteiger partial charge in [-0.25, -0.2) is 4.79 Å². The summed E-state index contributed by atoms with van der Waals surface area (Å²) < 4.78 is 5.18. The molecule has 0 saturated carbocycles. The highest BCUT2D eigenvalue weighted by atomic mass is 16.6. The maximum atomic E-state index is 12.5. The van der Waals surface area contributed by atoms with E-state index < -0.39 is 18.2 Å². The maximum Gasteiger partial charge on any atom is 0.410 e. The molecular formula is C17H24N2O4. The standard InChI is InChI=1S/C17H24N2O4/c1-11(2)10-23-17(22)19-9-14(20)8-15(19)16(21)18-13-6-4-5-12(3)7-13/h4-7,11,14-15,20H,8-10H2,1-3H3,(H,18,21)/t14-,15-/m0/s1. The molecule has 0 aliphatic carbocycles. The number of aryl methyl sites for hydroxylation is 1. The number of carbonyl (C=O) groups excluding carboxylic acids is 2. The minimum Gasteiger partial charge on any atom is -0.449 e. The first-order valence-electron chi connectivity index (χ1n) is 7.86. The van der Waals surface area contributed by atoms with E-state index in [1.807, 2.05) is 39.0 Å². The number of rotatable bonds is 4. The number of hydrogen-bond acceptors (Lipinski definition) is 4. The number of nitrogens with zero attached hydrogens (tertiary/aromatic N) is 1. The molecule has 0 bridgehead atoms. The zero-order valence-electron chi connectivity index (χ0n) is 13.8. The summed E-state index contributed by atoms with van der Waals surface area (Å²) in [5, 5.41) is 12.6. The molecule has 1 saturated heterocycles. The van der Waals surface area contributed by atoms with Crippen LogP contribution in [0.3, 0.4) is 0 Å². The number of amides is 2. The number of aliphatic hydroxyl groups is 1. The van der Waals surface area contributed by atoms with Crippen molar-refractivity contribution < 1.29 is 19.4 Å². The number of likely N-dealkylation sites (tertiary alicyclic amines) is 1. The second-order valence-corrected chi connectivity index (χ2v) is 6.39. The summed E-state index contributed by atoms with van der Waals surface area (Å²) in [5.41, 5.74) is 1.70. The Balaban J connectivity index is 2.03. The fraction of sp³-hybridized carbons (Fsp3) is 0.529. The summed E-state index contributed by atoms with van der Waals surface area (Å²) >= 11 is 0. The molecular weight excluding hydrogens is 296 g/mol. The van der Waals surface area contributed by atoms with Crippen LogP contribution < -0.4 is 5.32 Å². The van der Waals surface area contributed by atoms with E-state index in [4.69, 9.17) is 4.74 Å². The Labute approximate surface area is 136 Å². The number of carbonyl (C=O) groups is 2. The summed E-state index contributed by atoms with van der Waals surface area (Å²) in [7, 11) is 0. The number of β-amino-alcohol motifs (C(OH)–C–C–N with tert-alkyl or cyclic N) is 1.